The predicted molar refractivity (Wildman–Crippen MR) is 101 cm³/mol. The van der Waals surface area contributed by atoms with Crippen LogP contribution in [0.15, 0.2) is 48.5 Å². The lowest BCUT2D eigenvalue weighted by atomic mass is 9.88. The summed E-state index contributed by atoms with van der Waals surface area (Å²) in [6.45, 7) is 3.85. The molecule has 0 spiro atoms. The number of aromatic hydroxyl groups is 1. The average Bonchev–Trinajstić information content (AvgIpc) is 2.67. The smallest absolute Gasteiger partial charge is 0.118 e. The molecule has 3 rings (SSSR count). The van der Waals surface area contributed by atoms with Crippen molar-refractivity contribution >= 4 is 0 Å². The van der Waals surface area contributed by atoms with Crippen LogP contribution in [0, 0.1) is 0 Å². The summed E-state index contributed by atoms with van der Waals surface area (Å²) in [5, 5.41) is 9.44. The van der Waals surface area contributed by atoms with E-state index in [1.54, 1.807) is 19.2 Å². The molecular formula is C21H28N2O2. The minimum absolute atomic E-state index is 0.339. The maximum Gasteiger partial charge on any atom is 0.118 e. The Morgan fingerprint density at radius 3 is 2.28 bits per heavy atom. The Kier molecular flexibility index (Phi) is 5.95. The van der Waals surface area contributed by atoms with Crippen molar-refractivity contribution in [2.24, 2.45) is 5.73 Å². The normalized spacial score (nSPS) is 17.4. The Labute approximate surface area is 150 Å². The number of piperidine rings is 1. The zero-order chi connectivity index (χ0) is 17.6. The molecule has 1 atom stereocenters. The van der Waals surface area contributed by atoms with Gasteiger partial charge in [0.25, 0.3) is 0 Å². The van der Waals surface area contributed by atoms with Gasteiger partial charge < -0.3 is 20.5 Å². The van der Waals surface area contributed by atoms with Gasteiger partial charge in [-0.2, -0.15) is 0 Å². The summed E-state index contributed by atoms with van der Waals surface area (Å²) in [6.07, 6.45) is 2.31. The Bertz CT molecular complexity index is 647. The zero-order valence-electron chi connectivity index (χ0n) is 14.9. The molecule has 1 aliphatic rings. The molecule has 0 saturated carbocycles. The molecule has 0 bridgehead atoms. The number of ether oxygens (including phenoxy) is 1. The third-order valence-electron chi connectivity index (χ3n) is 5.30. The van der Waals surface area contributed by atoms with Gasteiger partial charge in [0, 0.05) is 19.0 Å². The highest BCUT2D eigenvalue weighted by atomic mass is 16.5. The monoisotopic (exact) mass is 340 g/mol. The van der Waals surface area contributed by atoms with Crippen molar-refractivity contribution < 1.29 is 9.84 Å². The third kappa shape index (κ3) is 4.53. The zero-order valence-corrected chi connectivity index (χ0v) is 14.9. The van der Waals surface area contributed by atoms with Gasteiger partial charge in [0.1, 0.15) is 11.5 Å². The first kappa shape index (κ1) is 17.8. The lowest BCUT2D eigenvalue weighted by Crippen LogP contribution is -2.37. The number of benzene rings is 2. The standard InChI is InChI=1S/C21H28N2O2/c1-25-21-8-4-17(5-9-21)19(14-22)15-23-12-10-18(11-13-23)16-2-6-20(24)7-3-16/h2-9,18-19,24H,10-15,22H2,1H3. The van der Waals surface area contributed by atoms with E-state index in [1.807, 2.05) is 12.1 Å². The summed E-state index contributed by atoms with van der Waals surface area (Å²) in [5.41, 5.74) is 8.66. The van der Waals surface area contributed by atoms with Crippen LogP contribution in [0.4, 0.5) is 0 Å². The molecule has 1 fully saturated rings. The molecule has 134 valence electrons. The largest absolute Gasteiger partial charge is 0.508 e. The van der Waals surface area contributed by atoms with Gasteiger partial charge in [-0.3, -0.25) is 0 Å². The molecule has 1 saturated heterocycles. The third-order valence-corrected chi connectivity index (χ3v) is 5.30. The van der Waals surface area contributed by atoms with E-state index in [1.165, 1.54) is 11.1 Å². The number of hydrogen-bond donors (Lipinski definition) is 2. The SMILES string of the molecule is COc1ccc(C(CN)CN2CCC(c3ccc(O)cc3)CC2)cc1. The molecule has 1 heterocycles. The van der Waals surface area contributed by atoms with Crippen LogP contribution in [-0.2, 0) is 0 Å². The highest BCUT2D eigenvalue weighted by molar-refractivity contribution is 5.30. The molecule has 2 aromatic carbocycles. The van der Waals surface area contributed by atoms with Crippen LogP contribution in [0.25, 0.3) is 0 Å². The van der Waals surface area contributed by atoms with Crippen molar-refractivity contribution in [1.82, 2.24) is 4.90 Å². The van der Waals surface area contributed by atoms with Crippen LogP contribution in [0.3, 0.4) is 0 Å². The van der Waals surface area contributed by atoms with E-state index < -0.39 is 0 Å². The Morgan fingerprint density at radius 1 is 1.08 bits per heavy atom. The fraction of sp³-hybridized carbons (Fsp3) is 0.429. The highest BCUT2D eigenvalue weighted by Crippen LogP contribution is 2.30. The molecule has 3 N–H and O–H groups in total. The minimum atomic E-state index is 0.339. The summed E-state index contributed by atoms with van der Waals surface area (Å²) in [6, 6.07) is 15.9. The van der Waals surface area contributed by atoms with E-state index in [9.17, 15) is 5.11 Å². The summed E-state index contributed by atoms with van der Waals surface area (Å²) in [7, 11) is 1.69. The van der Waals surface area contributed by atoms with Gasteiger partial charge in [0.15, 0.2) is 0 Å². The molecule has 4 nitrogen and oxygen atoms in total. The Balaban J connectivity index is 1.55. The molecule has 0 radical (unpaired) electrons. The topological polar surface area (TPSA) is 58.7 Å². The highest BCUT2D eigenvalue weighted by Gasteiger charge is 2.23. The second kappa shape index (κ2) is 8.37. The molecule has 0 amide bonds. The van der Waals surface area contributed by atoms with Gasteiger partial charge in [-0.15, -0.1) is 0 Å². The summed E-state index contributed by atoms with van der Waals surface area (Å²) in [4.78, 5) is 2.53. The molecule has 0 aromatic heterocycles. The van der Waals surface area contributed by atoms with Crippen molar-refractivity contribution in [1.29, 1.82) is 0 Å². The van der Waals surface area contributed by atoms with E-state index >= 15 is 0 Å². The van der Waals surface area contributed by atoms with Crippen LogP contribution < -0.4 is 10.5 Å². The van der Waals surface area contributed by atoms with E-state index in [-0.39, 0.29) is 0 Å². The van der Waals surface area contributed by atoms with Crippen molar-refractivity contribution in [3.8, 4) is 11.5 Å². The van der Waals surface area contributed by atoms with Crippen LogP contribution >= 0.6 is 0 Å². The Hall–Kier alpha value is -2.04. The van der Waals surface area contributed by atoms with Crippen molar-refractivity contribution in [3.05, 3.63) is 59.7 Å². The van der Waals surface area contributed by atoms with Gasteiger partial charge in [-0.25, -0.2) is 0 Å². The van der Waals surface area contributed by atoms with Gasteiger partial charge >= 0.3 is 0 Å². The maximum absolute atomic E-state index is 9.44. The first-order valence-corrected chi connectivity index (χ1v) is 9.05. The number of nitrogens with two attached hydrogens (primary N) is 1. The number of methoxy groups -OCH3 is 1. The number of rotatable bonds is 6. The fourth-order valence-corrected chi connectivity index (χ4v) is 3.70. The number of phenolic OH excluding ortho intramolecular Hbond substituents is 1. The van der Waals surface area contributed by atoms with Crippen LogP contribution in [0.5, 0.6) is 11.5 Å². The van der Waals surface area contributed by atoms with Crippen molar-refractivity contribution in [3.63, 3.8) is 0 Å². The first-order valence-electron chi connectivity index (χ1n) is 9.05. The van der Waals surface area contributed by atoms with E-state index in [4.69, 9.17) is 10.5 Å². The number of likely N-dealkylation sites (tertiary alicyclic amines) is 1. The number of phenols is 1. The van der Waals surface area contributed by atoms with Crippen LogP contribution in [-0.4, -0.2) is 43.3 Å². The molecule has 4 heteroatoms. The fourth-order valence-electron chi connectivity index (χ4n) is 3.70. The average molecular weight is 340 g/mol. The first-order chi connectivity index (χ1) is 12.2. The summed E-state index contributed by atoms with van der Waals surface area (Å²) < 4.78 is 5.24. The molecule has 1 aliphatic heterocycles. The van der Waals surface area contributed by atoms with Gasteiger partial charge in [0.2, 0.25) is 0 Å². The maximum atomic E-state index is 9.44. The molecule has 0 aliphatic carbocycles. The quantitative estimate of drug-likeness (QED) is 0.847. The second-order valence-corrected chi connectivity index (χ2v) is 6.87. The van der Waals surface area contributed by atoms with Gasteiger partial charge in [0.05, 0.1) is 7.11 Å². The van der Waals surface area contributed by atoms with E-state index in [0.717, 1.165) is 38.2 Å². The molecule has 2 aromatic rings. The van der Waals surface area contributed by atoms with Gasteiger partial charge in [-0.1, -0.05) is 24.3 Å². The lowest BCUT2D eigenvalue weighted by molar-refractivity contribution is 0.201. The summed E-state index contributed by atoms with van der Waals surface area (Å²) in [5.74, 6) is 2.17. The number of hydrogen-bond acceptors (Lipinski definition) is 4. The minimum Gasteiger partial charge on any atom is -0.508 e. The Morgan fingerprint density at radius 2 is 1.72 bits per heavy atom. The van der Waals surface area contributed by atoms with E-state index in [0.29, 0.717) is 24.1 Å². The van der Waals surface area contributed by atoms with Crippen molar-refractivity contribution in [2.75, 3.05) is 33.3 Å². The molecular weight excluding hydrogens is 312 g/mol. The summed E-state index contributed by atoms with van der Waals surface area (Å²) >= 11 is 0. The van der Waals surface area contributed by atoms with Crippen molar-refractivity contribution in [2.45, 2.75) is 24.7 Å². The second-order valence-electron chi connectivity index (χ2n) is 6.87. The lowest BCUT2D eigenvalue weighted by Gasteiger charge is -2.34. The predicted octanol–water partition coefficient (Wildman–Crippen LogP) is 3.32. The number of nitrogens with zero attached hydrogens (tertiary/aromatic N) is 1. The molecule has 1 unspecified atom stereocenters. The molecule has 25 heavy (non-hydrogen) atoms. The van der Waals surface area contributed by atoms with Crippen LogP contribution in [0.1, 0.15) is 35.8 Å². The van der Waals surface area contributed by atoms with Crippen LogP contribution in [0.2, 0.25) is 0 Å². The van der Waals surface area contributed by atoms with Gasteiger partial charge in [-0.05, 0) is 67.2 Å². The van der Waals surface area contributed by atoms with E-state index in [2.05, 4.69) is 29.2 Å².